The van der Waals surface area contributed by atoms with Crippen LogP contribution >= 0.6 is 0 Å². The first-order chi connectivity index (χ1) is 13.5. The van der Waals surface area contributed by atoms with Gasteiger partial charge in [0.05, 0.1) is 11.2 Å². The van der Waals surface area contributed by atoms with Crippen LogP contribution in [-0.4, -0.2) is 46.0 Å². The largest absolute Gasteiger partial charge is 0.384 e. The van der Waals surface area contributed by atoms with Crippen LogP contribution in [0.3, 0.4) is 0 Å². The van der Waals surface area contributed by atoms with Crippen molar-refractivity contribution in [2.24, 2.45) is 7.05 Å². The number of nitrogens with one attached hydrogen (secondary N) is 2. The first-order valence-corrected chi connectivity index (χ1v) is 9.18. The molecule has 1 aromatic carbocycles. The number of nitrogen functional groups attached to an aromatic ring is 1. The average molecular weight is 375 g/mol. The Hall–Kier alpha value is -3.55. The highest BCUT2D eigenvalue weighted by Gasteiger charge is 2.48. The van der Waals surface area contributed by atoms with Crippen molar-refractivity contribution in [1.82, 2.24) is 25.4 Å². The zero-order valence-electron chi connectivity index (χ0n) is 15.5. The number of hydrogen-bond donors (Lipinski definition) is 3. The summed E-state index contributed by atoms with van der Waals surface area (Å²) >= 11 is 0. The van der Waals surface area contributed by atoms with E-state index in [0.717, 1.165) is 41.2 Å². The van der Waals surface area contributed by atoms with Gasteiger partial charge in [0.1, 0.15) is 5.82 Å². The molecule has 4 N–H and O–H groups in total. The van der Waals surface area contributed by atoms with Gasteiger partial charge in [-0.1, -0.05) is 18.2 Å². The highest BCUT2D eigenvalue weighted by molar-refractivity contribution is 5.84. The lowest BCUT2D eigenvalue weighted by atomic mass is 9.89. The fourth-order valence-electron chi connectivity index (χ4n) is 4.07. The Kier molecular flexibility index (Phi) is 3.55. The van der Waals surface area contributed by atoms with Crippen LogP contribution in [0, 0.1) is 0 Å². The number of urea groups is 1. The maximum Gasteiger partial charge on any atom is 0.315 e. The summed E-state index contributed by atoms with van der Waals surface area (Å²) in [5.74, 6) is 0.482. The molecule has 1 spiro atoms. The summed E-state index contributed by atoms with van der Waals surface area (Å²) in [4.78, 5) is 18.1. The molecule has 2 amide bonds. The minimum atomic E-state index is -0.192. The molecule has 28 heavy (non-hydrogen) atoms. The third-order valence-electron chi connectivity index (χ3n) is 5.49. The molecule has 8 heteroatoms. The summed E-state index contributed by atoms with van der Waals surface area (Å²) in [6.07, 6.45) is 3.62. The monoisotopic (exact) mass is 375 g/mol. The van der Waals surface area contributed by atoms with Crippen LogP contribution in [0.15, 0.2) is 48.8 Å². The molecular formula is C20H21N7O. The van der Waals surface area contributed by atoms with Crippen LogP contribution < -0.4 is 21.3 Å². The number of carbonyl (C=O) groups is 1. The molecule has 3 aromatic rings. The van der Waals surface area contributed by atoms with E-state index in [-0.39, 0.29) is 11.6 Å². The lowest BCUT2D eigenvalue weighted by Crippen LogP contribution is -2.69. The zero-order valence-corrected chi connectivity index (χ0v) is 15.5. The van der Waals surface area contributed by atoms with Crippen LogP contribution in [0.25, 0.3) is 22.4 Å². The molecule has 0 atom stereocenters. The van der Waals surface area contributed by atoms with E-state index >= 15 is 0 Å². The van der Waals surface area contributed by atoms with Crippen LogP contribution in [0.4, 0.5) is 16.3 Å². The van der Waals surface area contributed by atoms with Gasteiger partial charge in [-0.2, -0.15) is 5.10 Å². The van der Waals surface area contributed by atoms with Crippen LogP contribution in [0.1, 0.15) is 0 Å². The Morgan fingerprint density at radius 3 is 2.71 bits per heavy atom. The molecule has 0 unspecified atom stereocenters. The third-order valence-corrected chi connectivity index (χ3v) is 5.49. The van der Waals surface area contributed by atoms with E-state index in [1.165, 1.54) is 0 Å². The molecule has 4 heterocycles. The molecule has 2 saturated heterocycles. The van der Waals surface area contributed by atoms with Gasteiger partial charge in [0.15, 0.2) is 0 Å². The van der Waals surface area contributed by atoms with Gasteiger partial charge in [-0.3, -0.25) is 4.68 Å². The van der Waals surface area contributed by atoms with Crippen LogP contribution in [0.5, 0.6) is 0 Å². The summed E-state index contributed by atoms with van der Waals surface area (Å²) in [7, 11) is 1.93. The smallest absolute Gasteiger partial charge is 0.315 e. The molecule has 0 saturated carbocycles. The van der Waals surface area contributed by atoms with Crippen molar-refractivity contribution in [2.75, 3.05) is 30.3 Å². The van der Waals surface area contributed by atoms with Gasteiger partial charge in [0, 0.05) is 62.0 Å². The summed E-state index contributed by atoms with van der Waals surface area (Å²) in [5.41, 5.74) is 11.0. The minimum Gasteiger partial charge on any atom is -0.384 e. The van der Waals surface area contributed by atoms with Crippen molar-refractivity contribution in [3.05, 3.63) is 48.8 Å². The van der Waals surface area contributed by atoms with Gasteiger partial charge < -0.3 is 21.3 Å². The number of pyridine rings is 1. The quantitative estimate of drug-likeness (QED) is 0.646. The number of benzene rings is 1. The van der Waals surface area contributed by atoms with Gasteiger partial charge in [-0.15, -0.1) is 0 Å². The number of carbonyl (C=O) groups excluding carboxylic acids is 1. The lowest BCUT2D eigenvalue weighted by Gasteiger charge is -2.48. The van der Waals surface area contributed by atoms with Gasteiger partial charge in [-0.25, -0.2) is 9.78 Å². The van der Waals surface area contributed by atoms with Crippen LogP contribution in [0.2, 0.25) is 0 Å². The van der Waals surface area contributed by atoms with Crippen molar-refractivity contribution in [1.29, 1.82) is 0 Å². The van der Waals surface area contributed by atoms with E-state index in [1.807, 2.05) is 36.1 Å². The topological polar surface area (TPSA) is 101 Å². The molecule has 8 nitrogen and oxygen atoms in total. The second-order valence-electron chi connectivity index (χ2n) is 7.49. The minimum absolute atomic E-state index is 0.0991. The van der Waals surface area contributed by atoms with Crippen molar-refractivity contribution in [3.63, 3.8) is 0 Å². The first-order valence-electron chi connectivity index (χ1n) is 9.18. The summed E-state index contributed by atoms with van der Waals surface area (Å²) in [6.45, 7) is 2.13. The molecule has 142 valence electrons. The SMILES string of the molecule is Cn1nccc1-c1cccc(-c2cnc(N)cc2N2CC3(CNC(=O)N3)C2)c1. The summed E-state index contributed by atoms with van der Waals surface area (Å²) < 4.78 is 1.86. The number of aryl methyl sites for hydroxylation is 1. The number of anilines is 2. The maximum atomic E-state index is 11.5. The Morgan fingerprint density at radius 1 is 1.18 bits per heavy atom. The van der Waals surface area contributed by atoms with Gasteiger partial charge in [0.2, 0.25) is 0 Å². The summed E-state index contributed by atoms with van der Waals surface area (Å²) in [6, 6.07) is 12.1. The number of amides is 2. The van der Waals surface area contributed by atoms with E-state index < -0.39 is 0 Å². The van der Waals surface area contributed by atoms with E-state index in [2.05, 4.69) is 43.8 Å². The lowest BCUT2D eigenvalue weighted by molar-refractivity contribution is 0.240. The molecular weight excluding hydrogens is 354 g/mol. The van der Waals surface area contributed by atoms with E-state index in [0.29, 0.717) is 12.4 Å². The Bertz CT molecular complexity index is 1070. The van der Waals surface area contributed by atoms with Crippen molar-refractivity contribution in [3.8, 4) is 22.4 Å². The maximum absolute atomic E-state index is 11.5. The van der Waals surface area contributed by atoms with E-state index in [1.54, 1.807) is 6.20 Å². The Balaban J connectivity index is 1.50. The fourth-order valence-corrected chi connectivity index (χ4v) is 4.07. The predicted octanol–water partition coefficient (Wildman–Crippen LogP) is 1.60. The second-order valence-corrected chi connectivity index (χ2v) is 7.49. The molecule has 2 aliphatic rings. The second kappa shape index (κ2) is 5.98. The molecule has 0 aliphatic carbocycles. The summed E-state index contributed by atoms with van der Waals surface area (Å²) in [5, 5.41) is 10.1. The number of nitrogens with zero attached hydrogens (tertiary/aromatic N) is 4. The average Bonchev–Trinajstić information content (AvgIpc) is 3.26. The fraction of sp³-hybridized carbons (Fsp3) is 0.250. The number of nitrogens with two attached hydrogens (primary N) is 1. The van der Waals surface area contributed by atoms with Gasteiger partial charge in [0.25, 0.3) is 0 Å². The number of hydrogen-bond acceptors (Lipinski definition) is 5. The van der Waals surface area contributed by atoms with Gasteiger partial charge >= 0.3 is 6.03 Å². The van der Waals surface area contributed by atoms with Gasteiger partial charge in [-0.05, 0) is 17.7 Å². The Labute approximate surface area is 162 Å². The van der Waals surface area contributed by atoms with E-state index in [9.17, 15) is 4.79 Å². The highest BCUT2D eigenvalue weighted by Crippen LogP contribution is 2.38. The van der Waals surface area contributed by atoms with Crippen LogP contribution in [-0.2, 0) is 7.05 Å². The Morgan fingerprint density at radius 2 is 2.00 bits per heavy atom. The first kappa shape index (κ1) is 16.6. The molecule has 2 aromatic heterocycles. The van der Waals surface area contributed by atoms with E-state index in [4.69, 9.17) is 5.73 Å². The highest BCUT2D eigenvalue weighted by atomic mass is 16.2. The van der Waals surface area contributed by atoms with Crippen molar-refractivity contribution >= 4 is 17.5 Å². The third kappa shape index (κ3) is 2.65. The predicted molar refractivity (Wildman–Crippen MR) is 108 cm³/mol. The number of aromatic nitrogens is 3. The standard InChI is InChI=1S/C20H21N7O/c1-26-16(5-6-24-26)14-4-2-3-13(7-14)15-9-22-18(21)8-17(15)27-11-20(12-27)10-23-19(28)25-20/h2-9H,10-12H2,1H3,(H2,21,22)(H2,23,25,28). The molecule has 0 radical (unpaired) electrons. The molecule has 2 fully saturated rings. The normalized spacial score (nSPS) is 17.3. The molecule has 2 aliphatic heterocycles. The molecule has 5 rings (SSSR count). The number of rotatable bonds is 3. The van der Waals surface area contributed by atoms with Crippen molar-refractivity contribution < 1.29 is 4.79 Å². The molecule has 0 bridgehead atoms. The van der Waals surface area contributed by atoms with Crippen molar-refractivity contribution in [2.45, 2.75) is 5.54 Å². The zero-order chi connectivity index (χ0) is 19.3.